The molecule has 2 aromatic carbocycles. The first-order valence-electron chi connectivity index (χ1n) is 11.7. The zero-order valence-corrected chi connectivity index (χ0v) is 21.9. The largest absolute Gasteiger partial charge is 0.507 e. The van der Waals surface area contributed by atoms with E-state index < -0.39 is 17.7 Å². The third kappa shape index (κ3) is 5.33. The number of carbonyl (C=O) groups is 2. The number of benzene rings is 2. The number of halogens is 1. The third-order valence-electron chi connectivity index (χ3n) is 6.02. The second-order valence-corrected chi connectivity index (χ2v) is 9.87. The SMILES string of the molecule is COc1cc(C2/C(=C(\O)c3ccc(Br)cc3)C(=O)C(=O)N2Cc2ccco2)ccc1OCCC(C)C. The number of furan rings is 1. The lowest BCUT2D eigenvalue weighted by atomic mass is 9.95. The molecule has 1 saturated heterocycles. The molecule has 8 heteroatoms. The Kier molecular flexibility index (Phi) is 7.84. The highest BCUT2D eigenvalue weighted by molar-refractivity contribution is 9.10. The Hall–Kier alpha value is -3.52. The predicted molar refractivity (Wildman–Crippen MR) is 139 cm³/mol. The van der Waals surface area contributed by atoms with E-state index in [4.69, 9.17) is 13.9 Å². The lowest BCUT2D eigenvalue weighted by Crippen LogP contribution is -2.29. The molecule has 0 aliphatic carbocycles. The molecular weight excluding hydrogens is 526 g/mol. The highest BCUT2D eigenvalue weighted by Crippen LogP contribution is 2.42. The Morgan fingerprint density at radius 3 is 2.50 bits per heavy atom. The highest BCUT2D eigenvalue weighted by Gasteiger charge is 2.46. The molecule has 188 valence electrons. The number of amides is 1. The molecule has 1 atom stereocenters. The van der Waals surface area contributed by atoms with Crippen LogP contribution in [0.4, 0.5) is 0 Å². The van der Waals surface area contributed by atoms with Crippen LogP contribution in [0.25, 0.3) is 5.76 Å². The van der Waals surface area contributed by atoms with E-state index in [1.807, 2.05) is 0 Å². The van der Waals surface area contributed by atoms with Gasteiger partial charge >= 0.3 is 0 Å². The Labute approximate surface area is 218 Å². The van der Waals surface area contributed by atoms with E-state index in [2.05, 4.69) is 29.8 Å². The fraction of sp³-hybridized carbons (Fsp3) is 0.286. The van der Waals surface area contributed by atoms with E-state index in [0.717, 1.165) is 10.9 Å². The molecule has 0 spiro atoms. The predicted octanol–water partition coefficient (Wildman–Crippen LogP) is 6.10. The fourth-order valence-electron chi connectivity index (χ4n) is 4.10. The summed E-state index contributed by atoms with van der Waals surface area (Å²) in [6.45, 7) is 4.84. The number of hydrogen-bond acceptors (Lipinski definition) is 6. The molecule has 7 nitrogen and oxygen atoms in total. The number of ether oxygens (including phenoxy) is 2. The van der Waals surface area contributed by atoms with Gasteiger partial charge in [-0.2, -0.15) is 0 Å². The summed E-state index contributed by atoms with van der Waals surface area (Å²) < 4.78 is 17.8. The van der Waals surface area contributed by atoms with Gasteiger partial charge in [0, 0.05) is 10.0 Å². The van der Waals surface area contributed by atoms with Crippen molar-refractivity contribution in [2.45, 2.75) is 32.9 Å². The smallest absolute Gasteiger partial charge is 0.296 e. The summed E-state index contributed by atoms with van der Waals surface area (Å²) in [4.78, 5) is 27.8. The minimum absolute atomic E-state index is 0.00408. The van der Waals surface area contributed by atoms with E-state index in [9.17, 15) is 14.7 Å². The van der Waals surface area contributed by atoms with Gasteiger partial charge in [-0.25, -0.2) is 0 Å². The molecule has 0 radical (unpaired) electrons. The molecule has 2 heterocycles. The fourth-order valence-corrected chi connectivity index (χ4v) is 4.37. The van der Waals surface area contributed by atoms with Crippen molar-refractivity contribution in [2.75, 3.05) is 13.7 Å². The lowest BCUT2D eigenvalue weighted by Gasteiger charge is -2.25. The number of ketones is 1. The minimum atomic E-state index is -0.850. The summed E-state index contributed by atoms with van der Waals surface area (Å²) in [5, 5.41) is 11.2. The zero-order chi connectivity index (χ0) is 25.8. The van der Waals surface area contributed by atoms with Gasteiger partial charge in [0.2, 0.25) is 0 Å². The summed E-state index contributed by atoms with van der Waals surface area (Å²) in [5.41, 5.74) is 1.04. The Morgan fingerprint density at radius 2 is 1.86 bits per heavy atom. The molecule has 1 amide bonds. The molecule has 0 bridgehead atoms. The maximum absolute atomic E-state index is 13.2. The molecule has 0 saturated carbocycles. The molecule has 1 N–H and O–H groups in total. The second-order valence-electron chi connectivity index (χ2n) is 8.95. The normalized spacial score (nSPS) is 17.1. The van der Waals surface area contributed by atoms with Crippen LogP contribution in [0.15, 0.2) is 75.3 Å². The molecule has 36 heavy (non-hydrogen) atoms. The van der Waals surface area contributed by atoms with Crippen LogP contribution in [0.2, 0.25) is 0 Å². The van der Waals surface area contributed by atoms with Crippen LogP contribution in [0.1, 0.15) is 43.2 Å². The maximum Gasteiger partial charge on any atom is 0.296 e. The number of aliphatic hydroxyl groups excluding tert-OH is 1. The van der Waals surface area contributed by atoms with Crippen LogP contribution in [-0.2, 0) is 16.1 Å². The minimum Gasteiger partial charge on any atom is -0.507 e. The van der Waals surface area contributed by atoms with E-state index in [0.29, 0.717) is 40.9 Å². The maximum atomic E-state index is 13.2. The van der Waals surface area contributed by atoms with Crippen molar-refractivity contribution >= 4 is 33.4 Å². The van der Waals surface area contributed by atoms with E-state index in [1.165, 1.54) is 18.3 Å². The van der Waals surface area contributed by atoms with E-state index >= 15 is 0 Å². The number of aliphatic hydroxyl groups is 1. The van der Waals surface area contributed by atoms with Crippen molar-refractivity contribution < 1.29 is 28.6 Å². The number of methoxy groups -OCH3 is 1. The lowest BCUT2D eigenvalue weighted by molar-refractivity contribution is -0.140. The standard InChI is InChI=1S/C28H28BrNO6/c1-17(2)12-14-36-22-11-8-19(15-23(22)34-3)25-24(26(31)18-6-9-20(29)10-7-18)27(32)28(33)30(25)16-21-5-4-13-35-21/h4-11,13,15,17,25,31H,12,14,16H2,1-3H3/b26-24+. The Morgan fingerprint density at radius 1 is 1.11 bits per heavy atom. The number of nitrogens with zero attached hydrogens (tertiary/aromatic N) is 1. The van der Waals surface area contributed by atoms with Gasteiger partial charge < -0.3 is 23.9 Å². The van der Waals surface area contributed by atoms with Crippen LogP contribution in [0.5, 0.6) is 11.5 Å². The zero-order valence-electron chi connectivity index (χ0n) is 20.4. The third-order valence-corrected chi connectivity index (χ3v) is 6.55. The molecule has 3 aromatic rings. The van der Waals surface area contributed by atoms with Crippen LogP contribution >= 0.6 is 15.9 Å². The molecule has 1 aliphatic heterocycles. The van der Waals surface area contributed by atoms with Crippen LogP contribution in [0.3, 0.4) is 0 Å². The van der Waals surface area contributed by atoms with Crippen LogP contribution < -0.4 is 9.47 Å². The first-order valence-corrected chi connectivity index (χ1v) is 12.5. The van der Waals surface area contributed by atoms with Crippen molar-refractivity contribution in [2.24, 2.45) is 5.92 Å². The Balaban J connectivity index is 1.79. The number of hydrogen-bond donors (Lipinski definition) is 1. The van der Waals surface area contributed by atoms with Crippen LogP contribution in [0, 0.1) is 5.92 Å². The molecular formula is C28H28BrNO6. The first kappa shape index (κ1) is 25.6. The molecule has 1 fully saturated rings. The summed E-state index contributed by atoms with van der Waals surface area (Å²) >= 11 is 3.38. The van der Waals surface area contributed by atoms with Crippen molar-refractivity contribution in [1.82, 2.24) is 4.90 Å². The summed E-state index contributed by atoms with van der Waals surface area (Å²) in [6.07, 6.45) is 2.40. The van der Waals surface area contributed by atoms with Gasteiger partial charge in [0.1, 0.15) is 11.5 Å². The Bertz CT molecular complexity index is 1260. The number of rotatable bonds is 9. The van der Waals surface area contributed by atoms with E-state index in [1.54, 1.807) is 54.6 Å². The van der Waals surface area contributed by atoms with Gasteiger partial charge in [-0.05, 0) is 54.3 Å². The number of carbonyl (C=O) groups excluding carboxylic acids is 2. The van der Waals surface area contributed by atoms with Gasteiger partial charge in [-0.1, -0.05) is 48.0 Å². The number of Topliss-reactive ketones (excluding diaryl/α,β-unsaturated/α-hetero) is 1. The monoisotopic (exact) mass is 553 g/mol. The first-order chi connectivity index (χ1) is 17.3. The van der Waals surface area contributed by atoms with Gasteiger partial charge in [-0.15, -0.1) is 0 Å². The quantitative estimate of drug-likeness (QED) is 0.196. The van der Waals surface area contributed by atoms with Crippen molar-refractivity contribution in [3.63, 3.8) is 0 Å². The number of likely N-dealkylation sites (tertiary alicyclic amines) is 1. The van der Waals surface area contributed by atoms with Gasteiger partial charge in [0.05, 0.1) is 38.1 Å². The van der Waals surface area contributed by atoms with Gasteiger partial charge in [-0.3, -0.25) is 9.59 Å². The van der Waals surface area contributed by atoms with Gasteiger partial charge in [0.15, 0.2) is 11.5 Å². The van der Waals surface area contributed by atoms with Crippen molar-refractivity contribution in [1.29, 1.82) is 0 Å². The van der Waals surface area contributed by atoms with Gasteiger partial charge in [0.25, 0.3) is 11.7 Å². The summed E-state index contributed by atoms with van der Waals surface area (Å²) in [7, 11) is 1.54. The van der Waals surface area contributed by atoms with E-state index in [-0.39, 0.29) is 17.9 Å². The molecule has 1 unspecified atom stereocenters. The molecule has 4 rings (SSSR count). The second kappa shape index (κ2) is 11.0. The highest BCUT2D eigenvalue weighted by atomic mass is 79.9. The average molecular weight is 554 g/mol. The summed E-state index contributed by atoms with van der Waals surface area (Å²) in [6, 6.07) is 14.8. The molecule has 1 aromatic heterocycles. The average Bonchev–Trinajstić information content (AvgIpc) is 3.46. The van der Waals surface area contributed by atoms with Crippen LogP contribution in [-0.4, -0.2) is 35.4 Å². The topological polar surface area (TPSA) is 89.2 Å². The molecule has 1 aliphatic rings. The van der Waals surface area contributed by atoms with Crippen molar-refractivity contribution in [3.05, 3.63) is 87.8 Å². The summed E-state index contributed by atoms with van der Waals surface area (Å²) in [5.74, 6) is 0.334. The van der Waals surface area contributed by atoms with Crippen molar-refractivity contribution in [3.8, 4) is 11.5 Å².